The first-order valence-electron chi connectivity index (χ1n) is 5.85. The van der Waals surface area contributed by atoms with Gasteiger partial charge in [-0.05, 0) is 0 Å². The summed E-state index contributed by atoms with van der Waals surface area (Å²) in [5.74, 6) is 0.532. The molecule has 0 spiro atoms. The van der Waals surface area contributed by atoms with Crippen LogP contribution in [0.25, 0.3) is 0 Å². The molecule has 0 saturated carbocycles. The molecule has 7 nitrogen and oxygen atoms in total. The predicted molar refractivity (Wildman–Crippen MR) is 69.3 cm³/mol. The van der Waals surface area contributed by atoms with E-state index in [0.29, 0.717) is 12.0 Å². The monoisotopic (exact) mass is 255 g/mol. The van der Waals surface area contributed by atoms with E-state index in [1.165, 1.54) is 14.2 Å². The van der Waals surface area contributed by atoms with Crippen LogP contribution in [0.5, 0.6) is 12.0 Å². The van der Waals surface area contributed by atoms with Crippen molar-refractivity contribution in [1.29, 1.82) is 0 Å². The molecule has 0 atom stereocenters. The molecule has 0 saturated heterocycles. The van der Waals surface area contributed by atoms with Gasteiger partial charge < -0.3 is 19.7 Å². The molecule has 0 bridgehead atoms. The number of nitrogens with one attached hydrogen (secondary N) is 1. The lowest BCUT2D eigenvalue weighted by Crippen LogP contribution is -2.33. The summed E-state index contributed by atoms with van der Waals surface area (Å²) in [6, 6.07) is 0.960. The second-order valence-corrected chi connectivity index (χ2v) is 4.14. The fraction of sp³-hybridized carbons (Fsp3) is 0.727. The van der Waals surface area contributed by atoms with Crippen LogP contribution in [-0.2, 0) is 0 Å². The average molecular weight is 255 g/mol. The van der Waals surface area contributed by atoms with E-state index in [4.69, 9.17) is 9.47 Å². The highest BCUT2D eigenvalue weighted by Crippen LogP contribution is 2.14. The Labute approximate surface area is 108 Å². The third kappa shape index (κ3) is 4.33. The van der Waals surface area contributed by atoms with Gasteiger partial charge in [-0.1, -0.05) is 13.8 Å². The number of hydrogen-bond acceptors (Lipinski definition) is 7. The Balaban J connectivity index is 2.68. The molecule has 18 heavy (non-hydrogen) atoms. The van der Waals surface area contributed by atoms with E-state index in [1.807, 2.05) is 11.9 Å². The number of aromatic nitrogens is 3. The van der Waals surface area contributed by atoms with E-state index in [0.717, 1.165) is 13.1 Å². The van der Waals surface area contributed by atoms with Crippen LogP contribution in [0.2, 0.25) is 0 Å². The lowest BCUT2D eigenvalue weighted by Gasteiger charge is -2.18. The van der Waals surface area contributed by atoms with Crippen molar-refractivity contribution in [2.75, 3.05) is 39.3 Å². The standard InChI is InChI=1S/C11H21N5O2/c1-8(2)12-6-7-16(3)9-13-10(17-4)15-11(14-9)18-5/h8,12H,6-7H2,1-5H3. The average Bonchev–Trinajstić information content (AvgIpc) is 2.37. The lowest BCUT2D eigenvalue weighted by atomic mass is 10.4. The number of nitrogens with zero attached hydrogens (tertiary/aromatic N) is 4. The first-order valence-corrected chi connectivity index (χ1v) is 5.85. The summed E-state index contributed by atoms with van der Waals surface area (Å²) in [7, 11) is 4.94. The van der Waals surface area contributed by atoms with Crippen molar-refractivity contribution in [2.45, 2.75) is 19.9 Å². The number of methoxy groups -OCH3 is 2. The van der Waals surface area contributed by atoms with E-state index in [-0.39, 0.29) is 12.0 Å². The Bertz CT molecular complexity index is 350. The fourth-order valence-corrected chi connectivity index (χ4v) is 1.30. The molecule has 0 aliphatic carbocycles. The molecule has 0 fully saturated rings. The maximum Gasteiger partial charge on any atom is 0.324 e. The van der Waals surface area contributed by atoms with Crippen LogP contribution in [0.1, 0.15) is 13.8 Å². The number of rotatable bonds is 7. The van der Waals surface area contributed by atoms with Crippen molar-refractivity contribution in [3.63, 3.8) is 0 Å². The number of ether oxygens (including phenoxy) is 2. The van der Waals surface area contributed by atoms with Crippen LogP contribution in [0.15, 0.2) is 0 Å². The highest BCUT2D eigenvalue weighted by molar-refractivity contribution is 5.30. The second-order valence-electron chi connectivity index (χ2n) is 4.14. The van der Waals surface area contributed by atoms with E-state index in [9.17, 15) is 0 Å². The van der Waals surface area contributed by atoms with E-state index < -0.39 is 0 Å². The smallest absolute Gasteiger partial charge is 0.324 e. The quantitative estimate of drug-likeness (QED) is 0.752. The second kappa shape index (κ2) is 6.95. The molecule has 0 aliphatic rings. The highest BCUT2D eigenvalue weighted by Gasteiger charge is 2.10. The summed E-state index contributed by atoms with van der Waals surface area (Å²) < 4.78 is 10.0. The first kappa shape index (κ1) is 14.4. The molecular formula is C11H21N5O2. The van der Waals surface area contributed by atoms with Crippen molar-refractivity contribution in [1.82, 2.24) is 20.3 Å². The molecule has 0 amide bonds. The first-order chi connectivity index (χ1) is 8.56. The van der Waals surface area contributed by atoms with E-state index in [1.54, 1.807) is 0 Å². The van der Waals surface area contributed by atoms with E-state index in [2.05, 4.69) is 34.1 Å². The maximum atomic E-state index is 5.01. The Kier molecular flexibility index (Phi) is 5.57. The van der Waals surface area contributed by atoms with Crippen molar-refractivity contribution in [2.24, 2.45) is 0 Å². The third-order valence-electron chi connectivity index (χ3n) is 2.29. The highest BCUT2D eigenvalue weighted by atomic mass is 16.5. The van der Waals surface area contributed by atoms with Gasteiger partial charge in [0.05, 0.1) is 14.2 Å². The van der Waals surface area contributed by atoms with Gasteiger partial charge in [-0.15, -0.1) is 4.98 Å². The zero-order chi connectivity index (χ0) is 13.5. The van der Waals surface area contributed by atoms with Crippen LogP contribution in [-0.4, -0.2) is 55.4 Å². The topological polar surface area (TPSA) is 72.4 Å². The molecule has 1 rings (SSSR count). The van der Waals surface area contributed by atoms with Crippen LogP contribution < -0.4 is 19.7 Å². The molecule has 0 unspecified atom stereocenters. The minimum absolute atomic E-state index is 0.250. The fourth-order valence-electron chi connectivity index (χ4n) is 1.30. The van der Waals surface area contributed by atoms with Crippen LogP contribution in [0.4, 0.5) is 5.95 Å². The zero-order valence-electron chi connectivity index (χ0n) is 11.6. The van der Waals surface area contributed by atoms with Crippen LogP contribution in [0.3, 0.4) is 0 Å². The summed E-state index contributed by atoms with van der Waals surface area (Å²) in [6.07, 6.45) is 0. The molecule has 1 heterocycles. The van der Waals surface area contributed by atoms with Gasteiger partial charge >= 0.3 is 12.0 Å². The van der Waals surface area contributed by atoms with Gasteiger partial charge in [-0.2, -0.15) is 9.97 Å². The van der Waals surface area contributed by atoms with Crippen molar-refractivity contribution < 1.29 is 9.47 Å². The minimum Gasteiger partial charge on any atom is -0.467 e. The predicted octanol–water partition coefficient (Wildman–Crippen LogP) is 0.323. The van der Waals surface area contributed by atoms with Crippen molar-refractivity contribution in [3.8, 4) is 12.0 Å². The summed E-state index contributed by atoms with van der Waals surface area (Å²) >= 11 is 0. The van der Waals surface area contributed by atoms with Crippen molar-refractivity contribution in [3.05, 3.63) is 0 Å². The summed E-state index contributed by atoms with van der Waals surface area (Å²) in [5.41, 5.74) is 0. The third-order valence-corrected chi connectivity index (χ3v) is 2.29. The summed E-state index contributed by atoms with van der Waals surface area (Å²) in [6.45, 7) is 5.85. The largest absolute Gasteiger partial charge is 0.467 e. The molecule has 0 aromatic carbocycles. The lowest BCUT2D eigenvalue weighted by molar-refractivity contribution is 0.340. The van der Waals surface area contributed by atoms with Gasteiger partial charge in [0.25, 0.3) is 0 Å². The normalized spacial score (nSPS) is 10.6. The van der Waals surface area contributed by atoms with Gasteiger partial charge in [0.15, 0.2) is 0 Å². The van der Waals surface area contributed by atoms with Gasteiger partial charge in [0.1, 0.15) is 0 Å². The zero-order valence-corrected chi connectivity index (χ0v) is 11.6. The van der Waals surface area contributed by atoms with Gasteiger partial charge in [0, 0.05) is 26.2 Å². The summed E-state index contributed by atoms with van der Waals surface area (Å²) in [4.78, 5) is 14.2. The molecule has 1 aromatic rings. The van der Waals surface area contributed by atoms with Crippen LogP contribution in [0, 0.1) is 0 Å². The van der Waals surface area contributed by atoms with Gasteiger partial charge in [-0.25, -0.2) is 0 Å². The SMILES string of the molecule is COc1nc(OC)nc(N(C)CCNC(C)C)n1. The molecule has 1 aromatic heterocycles. The van der Waals surface area contributed by atoms with Gasteiger partial charge in [-0.3, -0.25) is 0 Å². The maximum absolute atomic E-state index is 5.01. The Morgan fingerprint density at radius 3 is 2.11 bits per heavy atom. The Hall–Kier alpha value is -1.63. The minimum atomic E-state index is 0.250. The molecule has 0 radical (unpaired) electrons. The number of anilines is 1. The molecule has 1 N–H and O–H groups in total. The molecule has 7 heteroatoms. The molecule has 102 valence electrons. The van der Waals surface area contributed by atoms with E-state index >= 15 is 0 Å². The van der Waals surface area contributed by atoms with Crippen LogP contribution >= 0.6 is 0 Å². The Morgan fingerprint density at radius 2 is 1.67 bits per heavy atom. The molecule has 0 aliphatic heterocycles. The van der Waals surface area contributed by atoms with Crippen molar-refractivity contribution >= 4 is 5.95 Å². The Morgan fingerprint density at radius 1 is 1.11 bits per heavy atom. The van der Waals surface area contributed by atoms with Gasteiger partial charge in [0.2, 0.25) is 5.95 Å². The summed E-state index contributed by atoms with van der Waals surface area (Å²) in [5, 5.41) is 3.33. The number of likely N-dealkylation sites (N-methyl/N-ethyl adjacent to an activating group) is 1. The molecular weight excluding hydrogens is 234 g/mol. The number of hydrogen-bond donors (Lipinski definition) is 1.